The van der Waals surface area contributed by atoms with Crippen LogP contribution in [0.1, 0.15) is 5.69 Å². The number of nitrogens with zero attached hydrogens (tertiary/aromatic N) is 4. The average Bonchev–Trinajstić information content (AvgIpc) is 3.04. The number of hydrogen-bond donors (Lipinski definition) is 1. The second-order valence-corrected chi connectivity index (χ2v) is 5.75. The van der Waals surface area contributed by atoms with Crippen molar-refractivity contribution in [2.24, 2.45) is 0 Å². The Bertz CT molecular complexity index is 843. The minimum atomic E-state index is 0.603. The number of aryl methyl sites for hydroxylation is 1. The van der Waals surface area contributed by atoms with Gasteiger partial charge in [-0.25, -0.2) is 10.5 Å². The summed E-state index contributed by atoms with van der Waals surface area (Å²) in [4.78, 5) is 16.9. The van der Waals surface area contributed by atoms with Gasteiger partial charge in [0.1, 0.15) is 0 Å². The number of aromatic nitrogens is 3. The number of benzene rings is 1. The first-order chi connectivity index (χ1) is 12.3. The van der Waals surface area contributed by atoms with Gasteiger partial charge < -0.3 is 14.5 Å². The van der Waals surface area contributed by atoms with E-state index < -0.39 is 0 Å². The molecule has 1 aromatic carbocycles. The van der Waals surface area contributed by atoms with E-state index in [4.69, 9.17) is 14.6 Å². The van der Waals surface area contributed by atoms with Gasteiger partial charge in [0.05, 0.1) is 18.9 Å². The van der Waals surface area contributed by atoms with E-state index in [1.54, 1.807) is 16.8 Å². The fourth-order valence-corrected chi connectivity index (χ4v) is 2.73. The summed E-state index contributed by atoms with van der Waals surface area (Å²) in [6.07, 6.45) is 1.68. The Morgan fingerprint density at radius 2 is 1.92 bits per heavy atom. The molecule has 0 spiro atoms. The Morgan fingerprint density at radius 1 is 1.12 bits per heavy atom. The predicted octanol–water partition coefficient (Wildman–Crippen LogP) is 2.21. The number of hydrogen-bond acceptors (Lipinski definition) is 7. The number of morpholine rings is 1. The molecule has 3 heterocycles. The van der Waals surface area contributed by atoms with E-state index in [9.17, 15) is 0 Å². The molecule has 1 saturated heterocycles. The van der Waals surface area contributed by atoms with Gasteiger partial charge in [-0.15, -0.1) is 0 Å². The Kier molecular flexibility index (Phi) is 4.36. The molecule has 3 aromatic rings. The highest BCUT2D eigenvalue weighted by molar-refractivity contribution is 5.49. The van der Waals surface area contributed by atoms with Crippen molar-refractivity contribution in [1.29, 1.82) is 0 Å². The van der Waals surface area contributed by atoms with E-state index in [2.05, 4.69) is 20.5 Å². The maximum Gasteiger partial charge on any atom is 0.168 e. The topological polar surface area (TPSA) is 73.2 Å². The Hall–Kier alpha value is -2.84. The average molecular weight is 341 g/mol. The molecule has 0 saturated carbocycles. The minimum Gasteiger partial charge on any atom is -0.378 e. The van der Waals surface area contributed by atoms with Gasteiger partial charge in [-0.05, 0) is 31.2 Å². The van der Waals surface area contributed by atoms with Crippen molar-refractivity contribution in [3.05, 3.63) is 48.3 Å². The van der Waals surface area contributed by atoms with Gasteiger partial charge in [-0.3, -0.25) is 0 Å². The number of nitrogens with one attached hydrogen (secondary N) is 1. The maximum absolute atomic E-state index is 5.37. The number of anilines is 2. The summed E-state index contributed by atoms with van der Waals surface area (Å²) in [6, 6.07) is 11.4. The molecular formula is C17H19N5O3. The monoisotopic (exact) mass is 341 g/mol. The summed E-state index contributed by atoms with van der Waals surface area (Å²) in [5.74, 6) is 1.23. The van der Waals surface area contributed by atoms with Crippen LogP contribution in [-0.2, 0) is 9.73 Å². The molecule has 8 heteroatoms. The van der Waals surface area contributed by atoms with E-state index in [0.29, 0.717) is 11.6 Å². The molecule has 1 N–H and O–H groups in total. The summed E-state index contributed by atoms with van der Waals surface area (Å²) in [5.41, 5.74) is 5.50. The predicted molar refractivity (Wildman–Crippen MR) is 92.5 cm³/mol. The van der Waals surface area contributed by atoms with Crippen LogP contribution < -0.4 is 15.3 Å². The minimum absolute atomic E-state index is 0.603. The zero-order valence-corrected chi connectivity index (χ0v) is 13.9. The Morgan fingerprint density at radius 3 is 2.72 bits per heavy atom. The molecule has 130 valence electrons. The van der Waals surface area contributed by atoms with Gasteiger partial charge in [-0.1, -0.05) is 4.99 Å². The Balaban J connectivity index is 1.36. The third-order valence-corrected chi connectivity index (χ3v) is 3.98. The standard InChI is InChI=1S/C17H19N5O3/c1-13-12-17-18-7-6-16(22(17)19-13)20-25-24-15-4-2-14(3-5-15)21-8-10-23-11-9-21/h2-7,12,20H,8-11H2,1H3. The molecule has 0 amide bonds. The summed E-state index contributed by atoms with van der Waals surface area (Å²) < 4.78 is 7.02. The molecule has 1 aliphatic heterocycles. The first kappa shape index (κ1) is 15.7. The van der Waals surface area contributed by atoms with Crippen molar-refractivity contribution in [3.8, 4) is 5.75 Å². The zero-order chi connectivity index (χ0) is 17.1. The normalized spacial score (nSPS) is 14.7. The molecule has 0 radical (unpaired) electrons. The summed E-state index contributed by atoms with van der Waals surface area (Å²) >= 11 is 0. The zero-order valence-electron chi connectivity index (χ0n) is 13.9. The number of ether oxygens (including phenoxy) is 1. The number of rotatable bonds is 5. The van der Waals surface area contributed by atoms with E-state index >= 15 is 0 Å². The van der Waals surface area contributed by atoms with Crippen molar-refractivity contribution in [2.75, 3.05) is 36.7 Å². The Labute approximate surface area is 144 Å². The summed E-state index contributed by atoms with van der Waals surface area (Å²) in [6.45, 7) is 5.24. The largest absolute Gasteiger partial charge is 0.378 e. The van der Waals surface area contributed by atoms with Gasteiger partial charge in [0.15, 0.2) is 17.2 Å². The van der Waals surface area contributed by atoms with E-state index in [0.717, 1.165) is 43.3 Å². The van der Waals surface area contributed by atoms with Gasteiger partial charge in [-0.2, -0.15) is 9.61 Å². The van der Waals surface area contributed by atoms with Crippen LogP contribution in [0.5, 0.6) is 5.75 Å². The highest BCUT2D eigenvalue weighted by atomic mass is 17.3. The molecule has 1 fully saturated rings. The van der Waals surface area contributed by atoms with Crippen molar-refractivity contribution in [2.45, 2.75) is 6.92 Å². The molecule has 4 rings (SSSR count). The van der Waals surface area contributed by atoms with E-state index in [1.165, 1.54) is 0 Å². The maximum atomic E-state index is 5.37. The lowest BCUT2D eigenvalue weighted by Gasteiger charge is -2.28. The molecule has 1 aliphatic rings. The van der Waals surface area contributed by atoms with Crippen LogP contribution >= 0.6 is 0 Å². The molecule has 0 atom stereocenters. The third kappa shape index (κ3) is 3.49. The second-order valence-electron chi connectivity index (χ2n) is 5.75. The van der Waals surface area contributed by atoms with Gasteiger partial charge >= 0.3 is 0 Å². The van der Waals surface area contributed by atoms with Crippen molar-refractivity contribution in [3.63, 3.8) is 0 Å². The molecule has 25 heavy (non-hydrogen) atoms. The smallest absolute Gasteiger partial charge is 0.168 e. The molecule has 2 aromatic heterocycles. The van der Waals surface area contributed by atoms with Crippen LogP contribution in [0.2, 0.25) is 0 Å². The SMILES string of the molecule is Cc1cc2nccc(NOOc3ccc(N4CCOCC4)cc3)n2n1. The van der Waals surface area contributed by atoms with Crippen LogP contribution in [0.3, 0.4) is 0 Å². The van der Waals surface area contributed by atoms with Crippen LogP contribution in [0.4, 0.5) is 11.5 Å². The van der Waals surface area contributed by atoms with Gasteiger partial charge in [0.25, 0.3) is 0 Å². The second kappa shape index (κ2) is 6.96. The van der Waals surface area contributed by atoms with Crippen LogP contribution in [0.15, 0.2) is 42.6 Å². The quantitative estimate of drug-likeness (QED) is 0.563. The van der Waals surface area contributed by atoms with Crippen molar-refractivity contribution < 1.29 is 14.6 Å². The first-order valence-electron chi connectivity index (χ1n) is 8.13. The van der Waals surface area contributed by atoms with Gasteiger partial charge in [0.2, 0.25) is 0 Å². The lowest BCUT2D eigenvalue weighted by Crippen LogP contribution is -2.36. The lowest BCUT2D eigenvalue weighted by molar-refractivity contribution is -0.179. The molecule has 8 nitrogen and oxygen atoms in total. The van der Waals surface area contributed by atoms with Crippen LogP contribution in [0, 0.1) is 6.92 Å². The fraction of sp³-hybridized carbons (Fsp3) is 0.294. The van der Waals surface area contributed by atoms with Crippen LogP contribution in [-0.4, -0.2) is 40.9 Å². The van der Waals surface area contributed by atoms with Crippen molar-refractivity contribution in [1.82, 2.24) is 14.6 Å². The molecule has 0 bridgehead atoms. The van der Waals surface area contributed by atoms with E-state index in [-0.39, 0.29) is 0 Å². The molecule has 0 unspecified atom stereocenters. The summed E-state index contributed by atoms with van der Waals surface area (Å²) in [5, 5.41) is 4.34. The fourth-order valence-electron chi connectivity index (χ4n) is 2.73. The summed E-state index contributed by atoms with van der Waals surface area (Å²) in [7, 11) is 0. The van der Waals surface area contributed by atoms with Crippen molar-refractivity contribution >= 4 is 17.2 Å². The highest BCUT2D eigenvalue weighted by Crippen LogP contribution is 2.20. The van der Waals surface area contributed by atoms with E-state index in [1.807, 2.05) is 37.3 Å². The van der Waals surface area contributed by atoms with Gasteiger partial charge in [0, 0.05) is 37.1 Å². The highest BCUT2D eigenvalue weighted by Gasteiger charge is 2.11. The lowest BCUT2D eigenvalue weighted by atomic mass is 10.2. The molecular weight excluding hydrogens is 322 g/mol. The molecule has 0 aliphatic carbocycles. The number of fused-ring (bicyclic) bond motifs is 1. The first-order valence-corrected chi connectivity index (χ1v) is 8.13. The third-order valence-electron chi connectivity index (χ3n) is 3.98. The van der Waals surface area contributed by atoms with Crippen LogP contribution in [0.25, 0.3) is 5.65 Å².